The van der Waals surface area contributed by atoms with Gasteiger partial charge in [0.05, 0.1) is 0 Å². The molecular formula is C21H25N. The molecule has 0 unspecified atom stereocenters. The maximum Gasteiger partial charge on any atom is 0.0461 e. The summed E-state index contributed by atoms with van der Waals surface area (Å²) in [4.78, 5) is 2.05. The second-order valence-corrected chi connectivity index (χ2v) is 4.10. The third-order valence-corrected chi connectivity index (χ3v) is 2.66. The summed E-state index contributed by atoms with van der Waals surface area (Å²) in [5.74, 6) is 0. The van der Waals surface area contributed by atoms with E-state index in [9.17, 15) is 0 Å². The lowest BCUT2D eigenvalue weighted by atomic mass is 10.2. The Balaban J connectivity index is 6.22. The fraction of sp³-hybridized carbons (Fsp3) is 0.0476. The van der Waals surface area contributed by atoms with E-state index in [1.807, 2.05) is 49.5 Å². The standard InChI is InChI=1S/C21H25N/c1-7-13-17-20(12-6)22(19(11-5)15-9-3)21(16-10-4)18-14-8-2/h7-18H,1-5H2,6H3/b17-13-,18-14-,19-15+,20-12+,21-16+. The summed E-state index contributed by atoms with van der Waals surface area (Å²) in [7, 11) is 0. The van der Waals surface area contributed by atoms with Crippen LogP contribution in [0, 0.1) is 0 Å². The van der Waals surface area contributed by atoms with Crippen molar-refractivity contribution in [3.8, 4) is 0 Å². The Labute approximate surface area is 135 Å². The normalized spacial score (nSPS) is 13.2. The van der Waals surface area contributed by atoms with Crippen LogP contribution in [0.2, 0.25) is 0 Å². The quantitative estimate of drug-likeness (QED) is 0.446. The molecule has 0 amide bonds. The lowest BCUT2D eigenvalue weighted by Crippen LogP contribution is -2.19. The first-order valence-corrected chi connectivity index (χ1v) is 7.02. The molecule has 0 fully saturated rings. The van der Waals surface area contributed by atoms with Crippen molar-refractivity contribution >= 4 is 0 Å². The second-order valence-electron chi connectivity index (χ2n) is 4.10. The van der Waals surface area contributed by atoms with Gasteiger partial charge in [-0.3, -0.25) is 0 Å². The highest BCUT2D eigenvalue weighted by atomic mass is 15.2. The van der Waals surface area contributed by atoms with Gasteiger partial charge >= 0.3 is 0 Å². The molecule has 0 saturated heterocycles. The minimum absolute atomic E-state index is 0.902. The number of rotatable bonds is 10. The molecule has 114 valence electrons. The van der Waals surface area contributed by atoms with Crippen LogP contribution in [0.1, 0.15) is 6.92 Å². The maximum absolute atomic E-state index is 3.89. The molecule has 0 bridgehead atoms. The van der Waals surface area contributed by atoms with Gasteiger partial charge in [-0.05, 0) is 37.3 Å². The predicted molar refractivity (Wildman–Crippen MR) is 101 cm³/mol. The third kappa shape index (κ3) is 6.10. The highest BCUT2D eigenvalue weighted by Gasteiger charge is 2.12. The first kappa shape index (κ1) is 19.2. The topological polar surface area (TPSA) is 3.24 Å². The van der Waals surface area contributed by atoms with Gasteiger partial charge in [0, 0.05) is 17.1 Å². The van der Waals surface area contributed by atoms with Gasteiger partial charge in [0.1, 0.15) is 0 Å². The van der Waals surface area contributed by atoms with E-state index in [4.69, 9.17) is 0 Å². The largest absolute Gasteiger partial charge is 0.311 e. The van der Waals surface area contributed by atoms with E-state index in [0.29, 0.717) is 0 Å². The molecule has 0 atom stereocenters. The molecular weight excluding hydrogens is 266 g/mol. The van der Waals surface area contributed by atoms with Crippen molar-refractivity contribution in [3.05, 3.63) is 123 Å². The Kier molecular flexibility index (Phi) is 10.5. The fourth-order valence-electron chi connectivity index (χ4n) is 1.76. The number of nitrogens with zero attached hydrogens (tertiary/aromatic N) is 1. The zero-order valence-corrected chi connectivity index (χ0v) is 13.4. The Morgan fingerprint density at radius 1 is 0.682 bits per heavy atom. The van der Waals surface area contributed by atoms with Gasteiger partial charge in [-0.15, -0.1) is 0 Å². The van der Waals surface area contributed by atoms with Gasteiger partial charge in [0.15, 0.2) is 0 Å². The Morgan fingerprint density at radius 3 is 1.59 bits per heavy atom. The highest BCUT2D eigenvalue weighted by Crippen LogP contribution is 2.23. The molecule has 0 aromatic heterocycles. The molecule has 0 N–H and O–H groups in total. The van der Waals surface area contributed by atoms with Gasteiger partial charge in [-0.25, -0.2) is 0 Å². The molecule has 0 aliphatic heterocycles. The van der Waals surface area contributed by atoms with Crippen molar-refractivity contribution in [2.45, 2.75) is 6.92 Å². The van der Waals surface area contributed by atoms with Gasteiger partial charge in [0.25, 0.3) is 0 Å². The predicted octanol–water partition coefficient (Wildman–Crippen LogP) is 6.00. The molecule has 0 radical (unpaired) electrons. The molecule has 0 saturated carbocycles. The van der Waals surface area contributed by atoms with Crippen LogP contribution in [0.15, 0.2) is 123 Å². The highest BCUT2D eigenvalue weighted by molar-refractivity contribution is 5.40. The van der Waals surface area contributed by atoms with Gasteiger partial charge < -0.3 is 4.90 Å². The van der Waals surface area contributed by atoms with Crippen LogP contribution in [0.5, 0.6) is 0 Å². The SMILES string of the molecule is C=C/C=C\C(=C/C)N(/C(C=C)=C/C=C)C(/C=C\C=C)=C/C=C. The Hall–Kier alpha value is -2.80. The van der Waals surface area contributed by atoms with Crippen molar-refractivity contribution in [2.75, 3.05) is 0 Å². The maximum atomic E-state index is 3.89. The molecule has 1 heteroatoms. The summed E-state index contributed by atoms with van der Waals surface area (Å²) < 4.78 is 0. The van der Waals surface area contributed by atoms with E-state index in [0.717, 1.165) is 17.1 Å². The Morgan fingerprint density at radius 2 is 1.18 bits per heavy atom. The molecule has 0 heterocycles. The fourth-order valence-corrected chi connectivity index (χ4v) is 1.76. The molecule has 0 rings (SSSR count). The van der Waals surface area contributed by atoms with E-state index < -0.39 is 0 Å². The van der Waals surface area contributed by atoms with Crippen molar-refractivity contribution in [2.24, 2.45) is 0 Å². The number of hydrogen-bond donors (Lipinski definition) is 0. The summed E-state index contributed by atoms with van der Waals surface area (Å²) in [6, 6.07) is 0. The second kappa shape index (κ2) is 12.0. The third-order valence-electron chi connectivity index (χ3n) is 2.66. The van der Waals surface area contributed by atoms with Gasteiger partial charge in [-0.1, -0.05) is 75.4 Å². The van der Waals surface area contributed by atoms with Crippen LogP contribution in [0.4, 0.5) is 0 Å². The van der Waals surface area contributed by atoms with E-state index >= 15 is 0 Å². The molecule has 0 aliphatic carbocycles. The van der Waals surface area contributed by atoms with Crippen LogP contribution >= 0.6 is 0 Å². The van der Waals surface area contributed by atoms with Crippen LogP contribution < -0.4 is 0 Å². The average Bonchev–Trinajstić information content (AvgIpc) is 2.54. The number of allylic oxidation sites excluding steroid dienone is 12. The summed E-state index contributed by atoms with van der Waals surface area (Å²) in [6.07, 6.45) is 22.3. The average molecular weight is 291 g/mol. The van der Waals surface area contributed by atoms with Crippen LogP contribution in [0.3, 0.4) is 0 Å². The van der Waals surface area contributed by atoms with E-state index in [-0.39, 0.29) is 0 Å². The minimum atomic E-state index is 0.902. The molecule has 0 aliphatic rings. The van der Waals surface area contributed by atoms with Crippen LogP contribution in [0.25, 0.3) is 0 Å². The van der Waals surface area contributed by atoms with Crippen LogP contribution in [-0.4, -0.2) is 4.90 Å². The summed E-state index contributed by atoms with van der Waals surface area (Å²) in [5, 5.41) is 0. The van der Waals surface area contributed by atoms with Gasteiger partial charge in [0.2, 0.25) is 0 Å². The van der Waals surface area contributed by atoms with Crippen molar-refractivity contribution in [3.63, 3.8) is 0 Å². The molecule has 1 nitrogen and oxygen atoms in total. The van der Waals surface area contributed by atoms with E-state index in [1.54, 1.807) is 30.4 Å². The zero-order chi connectivity index (χ0) is 16.8. The summed E-state index contributed by atoms with van der Waals surface area (Å²) in [5.41, 5.74) is 2.82. The first-order valence-electron chi connectivity index (χ1n) is 7.02. The molecule has 0 aromatic carbocycles. The van der Waals surface area contributed by atoms with Crippen molar-refractivity contribution < 1.29 is 0 Å². The van der Waals surface area contributed by atoms with E-state index in [1.165, 1.54) is 0 Å². The van der Waals surface area contributed by atoms with Gasteiger partial charge in [-0.2, -0.15) is 0 Å². The van der Waals surface area contributed by atoms with Crippen molar-refractivity contribution in [1.29, 1.82) is 0 Å². The molecule has 0 spiro atoms. The van der Waals surface area contributed by atoms with E-state index in [2.05, 4.69) is 37.8 Å². The summed E-state index contributed by atoms with van der Waals surface area (Å²) in [6.45, 7) is 20.9. The van der Waals surface area contributed by atoms with Crippen molar-refractivity contribution in [1.82, 2.24) is 4.90 Å². The minimum Gasteiger partial charge on any atom is -0.311 e. The summed E-state index contributed by atoms with van der Waals surface area (Å²) >= 11 is 0. The van der Waals surface area contributed by atoms with Crippen LogP contribution in [-0.2, 0) is 0 Å². The first-order chi connectivity index (χ1) is 10.7. The number of hydrogen-bond acceptors (Lipinski definition) is 1. The lowest BCUT2D eigenvalue weighted by molar-refractivity contribution is 0.577. The lowest BCUT2D eigenvalue weighted by Gasteiger charge is -2.28. The molecule has 0 aromatic rings. The monoisotopic (exact) mass is 291 g/mol. The Bertz CT molecular complexity index is 563. The smallest absolute Gasteiger partial charge is 0.0461 e. The molecule has 22 heavy (non-hydrogen) atoms. The zero-order valence-electron chi connectivity index (χ0n) is 13.4.